The first-order valence-electron chi connectivity index (χ1n) is 4.63. The molecule has 0 radical (unpaired) electrons. The number of nitrogens with one attached hydrogen (secondary N) is 1. The third kappa shape index (κ3) is 1.27. The molecule has 0 spiro atoms. The molecular formula is C11H12N2O. The Morgan fingerprint density at radius 1 is 1.50 bits per heavy atom. The quantitative estimate of drug-likeness (QED) is 0.424. The number of H-pyrrole nitrogens is 1. The monoisotopic (exact) mass is 188 g/mol. The van der Waals surface area contributed by atoms with Crippen molar-refractivity contribution in [2.24, 2.45) is 5.16 Å². The van der Waals surface area contributed by atoms with Crippen molar-refractivity contribution in [1.29, 1.82) is 0 Å². The fraction of sp³-hybridized carbons (Fsp3) is 0.182. The van der Waals surface area contributed by atoms with Gasteiger partial charge in [-0.3, -0.25) is 0 Å². The molecule has 1 aromatic heterocycles. The molecule has 1 aromatic carbocycles. The molecule has 0 amide bonds. The van der Waals surface area contributed by atoms with E-state index in [0.29, 0.717) is 0 Å². The summed E-state index contributed by atoms with van der Waals surface area (Å²) in [6, 6.07) is 6.13. The van der Waals surface area contributed by atoms with Gasteiger partial charge in [-0.15, -0.1) is 0 Å². The summed E-state index contributed by atoms with van der Waals surface area (Å²) in [5, 5.41) is 12.6. The Morgan fingerprint density at radius 2 is 2.36 bits per heavy atom. The van der Waals surface area contributed by atoms with Crippen molar-refractivity contribution in [2.45, 2.75) is 13.3 Å². The van der Waals surface area contributed by atoms with Crippen LogP contribution in [0.4, 0.5) is 0 Å². The first kappa shape index (κ1) is 8.81. The van der Waals surface area contributed by atoms with Gasteiger partial charge in [-0.2, -0.15) is 0 Å². The number of aromatic nitrogens is 1. The summed E-state index contributed by atoms with van der Waals surface area (Å²) in [7, 11) is 0. The van der Waals surface area contributed by atoms with Crippen LogP contribution in [0.15, 0.2) is 29.6 Å². The predicted octanol–water partition coefficient (Wildman–Crippen LogP) is 2.54. The van der Waals surface area contributed by atoms with Crippen LogP contribution in [0.5, 0.6) is 0 Å². The van der Waals surface area contributed by atoms with Crippen molar-refractivity contribution in [2.75, 3.05) is 0 Å². The zero-order chi connectivity index (χ0) is 9.97. The van der Waals surface area contributed by atoms with Gasteiger partial charge in [0.15, 0.2) is 0 Å². The Morgan fingerprint density at radius 3 is 3.07 bits per heavy atom. The van der Waals surface area contributed by atoms with E-state index in [-0.39, 0.29) is 0 Å². The van der Waals surface area contributed by atoms with Gasteiger partial charge in [0.1, 0.15) is 0 Å². The number of para-hydroxylation sites is 1. The topological polar surface area (TPSA) is 48.4 Å². The highest BCUT2D eigenvalue weighted by molar-refractivity contribution is 5.99. The van der Waals surface area contributed by atoms with E-state index in [1.54, 1.807) is 0 Å². The van der Waals surface area contributed by atoms with Gasteiger partial charge in [0.25, 0.3) is 0 Å². The van der Waals surface area contributed by atoms with Gasteiger partial charge >= 0.3 is 0 Å². The summed E-state index contributed by atoms with van der Waals surface area (Å²) >= 11 is 0. The lowest BCUT2D eigenvalue weighted by atomic mass is 10.1. The predicted molar refractivity (Wildman–Crippen MR) is 57.1 cm³/mol. The molecule has 0 bridgehead atoms. The van der Waals surface area contributed by atoms with Crippen molar-refractivity contribution in [3.05, 3.63) is 35.5 Å². The SMILES string of the molecule is CCc1cccc2c(/C=N\O)c[nH]c12. The second-order valence-corrected chi connectivity index (χ2v) is 3.18. The van der Waals surface area contributed by atoms with Crippen LogP contribution in [0.2, 0.25) is 0 Å². The lowest BCUT2D eigenvalue weighted by Crippen LogP contribution is -1.82. The molecule has 0 aliphatic carbocycles. The fourth-order valence-electron chi connectivity index (χ4n) is 1.70. The summed E-state index contributed by atoms with van der Waals surface area (Å²) in [6.07, 6.45) is 4.29. The van der Waals surface area contributed by atoms with Crippen molar-refractivity contribution in [3.8, 4) is 0 Å². The van der Waals surface area contributed by atoms with E-state index in [2.05, 4.69) is 23.1 Å². The second-order valence-electron chi connectivity index (χ2n) is 3.18. The number of aryl methyl sites for hydroxylation is 1. The number of fused-ring (bicyclic) bond motifs is 1. The second kappa shape index (κ2) is 3.54. The van der Waals surface area contributed by atoms with E-state index in [1.165, 1.54) is 11.8 Å². The molecule has 0 fully saturated rings. The van der Waals surface area contributed by atoms with Crippen LogP contribution in [0.25, 0.3) is 10.9 Å². The number of hydrogen-bond acceptors (Lipinski definition) is 2. The van der Waals surface area contributed by atoms with Crippen LogP contribution in [-0.4, -0.2) is 16.4 Å². The number of rotatable bonds is 2. The molecule has 0 aliphatic rings. The summed E-state index contributed by atoms with van der Waals surface area (Å²) in [4.78, 5) is 3.19. The van der Waals surface area contributed by atoms with E-state index < -0.39 is 0 Å². The van der Waals surface area contributed by atoms with E-state index in [1.807, 2.05) is 18.3 Å². The fourth-order valence-corrected chi connectivity index (χ4v) is 1.70. The maximum Gasteiger partial charge on any atom is 0.0755 e. The summed E-state index contributed by atoms with van der Waals surface area (Å²) in [5.74, 6) is 0. The Labute approximate surface area is 82.1 Å². The van der Waals surface area contributed by atoms with Gasteiger partial charge in [-0.25, -0.2) is 0 Å². The lowest BCUT2D eigenvalue weighted by molar-refractivity contribution is 0.322. The number of oxime groups is 1. The smallest absolute Gasteiger partial charge is 0.0755 e. The van der Waals surface area contributed by atoms with Crippen LogP contribution in [0.1, 0.15) is 18.1 Å². The zero-order valence-corrected chi connectivity index (χ0v) is 7.99. The Kier molecular flexibility index (Phi) is 2.23. The minimum Gasteiger partial charge on any atom is -0.411 e. The molecule has 2 N–H and O–H groups in total. The number of aromatic amines is 1. The Hall–Kier alpha value is -1.77. The number of benzene rings is 1. The van der Waals surface area contributed by atoms with Gasteiger partial charge in [0.2, 0.25) is 0 Å². The lowest BCUT2D eigenvalue weighted by Gasteiger charge is -1.98. The van der Waals surface area contributed by atoms with Crippen molar-refractivity contribution < 1.29 is 5.21 Å². The van der Waals surface area contributed by atoms with Gasteiger partial charge < -0.3 is 10.2 Å². The van der Waals surface area contributed by atoms with E-state index >= 15 is 0 Å². The normalized spacial score (nSPS) is 11.5. The van der Waals surface area contributed by atoms with Crippen LogP contribution < -0.4 is 0 Å². The molecule has 14 heavy (non-hydrogen) atoms. The van der Waals surface area contributed by atoms with E-state index in [4.69, 9.17) is 5.21 Å². The Bertz CT molecular complexity index is 471. The van der Waals surface area contributed by atoms with Crippen LogP contribution in [-0.2, 0) is 6.42 Å². The van der Waals surface area contributed by atoms with Crippen molar-refractivity contribution in [1.82, 2.24) is 4.98 Å². The molecule has 0 saturated heterocycles. The van der Waals surface area contributed by atoms with Gasteiger partial charge in [0, 0.05) is 22.7 Å². The molecule has 0 aliphatic heterocycles. The largest absolute Gasteiger partial charge is 0.411 e. The molecule has 2 aromatic rings. The highest BCUT2D eigenvalue weighted by atomic mass is 16.4. The summed E-state index contributed by atoms with van der Waals surface area (Å²) in [6.45, 7) is 2.12. The standard InChI is InChI=1S/C11H12N2O/c1-2-8-4-3-5-10-9(7-13-14)6-12-11(8)10/h3-7,12,14H,2H2,1H3/b13-7-. The van der Waals surface area contributed by atoms with E-state index in [0.717, 1.165) is 22.9 Å². The Balaban J connectivity index is 2.69. The highest BCUT2D eigenvalue weighted by Gasteiger charge is 2.04. The molecule has 3 nitrogen and oxygen atoms in total. The van der Waals surface area contributed by atoms with E-state index in [9.17, 15) is 0 Å². The third-order valence-corrected chi connectivity index (χ3v) is 2.41. The van der Waals surface area contributed by atoms with Gasteiger partial charge in [-0.1, -0.05) is 30.3 Å². The maximum absolute atomic E-state index is 8.48. The summed E-state index contributed by atoms with van der Waals surface area (Å²) < 4.78 is 0. The highest BCUT2D eigenvalue weighted by Crippen LogP contribution is 2.20. The average Bonchev–Trinajstić information content (AvgIpc) is 2.62. The van der Waals surface area contributed by atoms with Crippen molar-refractivity contribution in [3.63, 3.8) is 0 Å². The number of nitrogens with zero attached hydrogens (tertiary/aromatic N) is 1. The summed E-state index contributed by atoms with van der Waals surface area (Å²) in [5.41, 5.74) is 3.32. The van der Waals surface area contributed by atoms with Crippen LogP contribution in [0, 0.1) is 0 Å². The zero-order valence-electron chi connectivity index (χ0n) is 7.99. The molecule has 3 heteroatoms. The first-order chi connectivity index (χ1) is 6.86. The van der Waals surface area contributed by atoms with Crippen molar-refractivity contribution >= 4 is 17.1 Å². The van der Waals surface area contributed by atoms with Crippen LogP contribution >= 0.6 is 0 Å². The molecular weight excluding hydrogens is 176 g/mol. The van der Waals surface area contributed by atoms with Gasteiger partial charge in [-0.05, 0) is 12.0 Å². The third-order valence-electron chi connectivity index (χ3n) is 2.41. The average molecular weight is 188 g/mol. The molecule has 2 rings (SSSR count). The number of hydrogen-bond donors (Lipinski definition) is 2. The molecule has 0 atom stereocenters. The maximum atomic E-state index is 8.48. The molecule has 72 valence electrons. The minimum atomic E-state index is 0.915. The molecule has 0 saturated carbocycles. The molecule has 1 heterocycles. The minimum absolute atomic E-state index is 0.915. The first-order valence-corrected chi connectivity index (χ1v) is 4.63. The van der Waals surface area contributed by atoms with Gasteiger partial charge in [0.05, 0.1) is 6.21 Å². The van der Waals surface area contributed by atoms with Crippen LogP contribution in [0.3, 0.4) is 0 Å². The molecule has 0 unspecified atom stereocenters.